The van der Waals surface area contributed by atoms with Gasteiger partial charge < -0.3 is 9.26 Å². The largest absolute Gasteiger partial charge is 0.496 e. The average molecular weight is 445 g/mol. The molecule has 1 amide bonds. The number of aromatic amines is 1. The van der Waals surface area contributed by atoms with Crippen molar-refractivity contribution in [2.75, 3.05) is 7.11 Å². The third-order valence-electron chi connectivity index (χ3n) is 5.64. The predicted molar refractivity (Wildman–Crippen MR) is 125 cm³/mol. The van der Waals surface area contributed by atoms with Gasteiger partial charge in [0, 0.05) is 28.8 Å². The summed E-state index contributed by atoms with van der Waals surface area (Å²) in [6, 6.07) is 8.83. The molecule has 1 aliphatic heterocycles. The fourth-order valence-corrected chi connectivity index (χ4v) is 4.02. The first kappa shape index (κ1) is 22.1. The van der Waals surface area contributed by atoms with Crippen molar-refractivity contribution in [3.8, 4) is 12.3 Å². The average Bonchev–Trinajstić information content (AvgIpc) is 3.52. The minimum atomic E-state index is -0.518. The van der Waals surface area contributed by atoms with E-state index in [1.807, 2.05) is 31.2 Å². The van der Waals surface area contributed by atoms with Crippen LogP contribution in [0.4, 0.5) is 0 Å². The number of methoxy groups -OCH3 is 1. The summed E-state index contributed by atoms with van der Waals surface area (Å²) in [5.74, 6) is 0.650. The van der Waals surface area contributed by atoms with Crippen molar-refractivity contribution in [3.05, 3.63) is 87.6 Å². The lowest BCUT2D eigenvalue weighted by Gasteiger charge is -2.23. The van der Waals surface area contributed by atoms with E-state index < -0.39 is 6.04 Å². The van der Waals surface area contributed by atoms with Crippen LogP contribution in [0, 0.1) is 6.57 Å². The Balaban J connectivity index is 1.90. The number of nitrogens with one attached hydrogen (secondary N) is 1. The van der Waals surface area contributed by atoms with Crippen molar-refractivity contribution in [2.45, 2.75) is 39.2 Å². The van der Waals surface area contributed by atoms with Gasteiger partial charge in [0.2, 0.25) is 0 Å². The molecule has 168 valence electrons. The van der Waals surface area contributed by atoms with E-state index in [0.717, 1.165) is 22.4 Å². The number of nitrogens with zero attached hydrogens (tertiary/aromatic N) is 4. The van der Waals surface area contributed by atoms with Crippen molar-refractivity contribution >= 4 is 11.5 Å². The molecule has 0 saturated heterocycles. The van der Waals surface area contributed by atoms with E-state index in [1.54, 1.807) is 30.2 Å². The van der Waals surface area contributed by atoms with Gasteiger partial charge in [0.05, 0.1) is 12.7 Å². The van der Waals surface area contributed by atoms with Crippen LogP contribution < -0.4 is 4.74 Å². The molecule has 1 N–H and O–H groups in total. The summed E-state index contributed by atoms with van der Waals surface area (Å²) in [6.07, 6.45) is 4.99. The Hall–Kier alpha value is -4.12. The third kappa shape index (κ3) is 3.82. The zero-order valence-corrected chi connectivity index (χ0v) is 19.3. The molecule has 0 radical (unpaired) electrons. The number of carbonyl (C=O) groups excluding carboxylic acids is 1. The van der Waals surface area contributed by atoms with Crippen molar-refractivity contribution < 1.29 is 14.1 Å². The zero-order valence-electron chi connectivity index (χ0n) is 19.3. The molecule has 0 bridgehead atoms. The fourth-order valence-electron chi connectivity index (χ4n) is 4.02. The van der Waals surface area contributed by atoms with Crippen molar-refractivity contribution in [1.82, 2.24) is 20.3 Å². The normalized spacial score (nSPS) is 16.7. The Labute approximate surface area is 192 Å². The van der Waals surface area contributed by atoms with Crippen LogP contribution in [0.25, 0.3) is 10.4 Å². The van der Waals surface area contributed by atoms with Gasteiger partial charge in [0.1, 0.15) is 24.3 Å². The summed E-state index contributed by atoms with van der Waals surface area (Å²) >= 11 is 0. The number of amides is 1. The number of aromatic nitrogens is 3. The highest BCUT2D eigenvalue weighted by Crippen LogP contribution is 2.47. The monoisotopic (exact) mass is 444 g/mol. The molecule has 1 aliphatic rings. The van der Waals surface area contributed by atoms with Crippen LogP contribution in [0.2, 0.25) is 0 Å². The molecular weight excluding hydrogens is 418 g/mol. The second-order valence-electron chi connectivity index (χ2n) is 8.82. The Morgan fingerprint density at radius 3 is 2.67 bits per heavy atom. The van der Waals surface area contributed by atoms with Crippen molar-refractivity contribution in [1.29, 1.82) is 0 Å². The number of rotatable bonds is 5. The van der Waals surface area contributed by atoms with Crippen LogP contribution in [-0.2, 0) is 5.41 Å². The quantitative estimate of drug-likeness (QED) is 0.550. The Kier molecular flexibility index (Phi) is 5.64. The van der Waals surface area contributed by atoms with Crippen LogP contribution in [0.1, 0.15) is 66.7 Å². The lowest BCUT2D eigenvalue weighted by Crippen LogP contribution is -2.29. The number of fused-ring (bicyclic) bond motifs is 1. The Bertz CT molecular complexity index is 1290. The Morgan fingerprint density at radius 1 is 1.27 bits per heavy atom. The predicted octanol–water partition coefficient (Wildman–Crippen LogP) is 5.16. The van der Waals surface area contributed by atoms with Gasteiger partial charge in [0.15, 0.2) is 11.7 Å². The molecule has 4 rings (SSSR count). The molecule has 0 spiro atoms. The van der Waals surface area contributed by atoms with Crippen molar-refractivity contribution in [3.63, 3.8) is 0 Å². The summed E-state index contributed by atoms with van der Waals surface area (Å²) in [5, 5.41) is 11.4. The maximum Gasteiger partial charge on any atom is 0.388 e. The lowest BCUT2D eigenvalue weighted by molar-refractivity contribution is 0.0803. The third-order valence-corrected chi connectivity index (χ3v) is 5.64. The molecule has 0 fully saturated rings. The van der Waals surface area contributed by atoms with E-state index in [9.17, 15) is 4.79 Å². The highest BCUT2D eigenvalue weighted by Gasteiger charge is 2.52. The number of ether oxygens (including phenoxy) is 1. The number of allylic oxidation sites excluding steroid dienone is 3. The van der Waals surface area contributed by atoms with Crippen LogP contribution in [0.5, 0.6) is 5.75 Å². The molecule has 33 heavy (non-hydrogen) atoms. The standard InChI is InChI=1S/C25H25N5O3/c1-15(17-13-14-33-29-17)11-12-19(26-5)30-22(16-9-7-8-10-18(16)32-6)20-21(24(30)31)27-28-23(20)25(2,3)4/h5,7-14,22H,1-4,6H3/p+1/b15-11+,19-12+. The van der Waals surface area contributed by atoms with Crippen LogP contribution >= 0.6 is 0 Å². The minimum absolute atomic E-state index is 0.273. The molecule has 1 unspecified atom stereocenters. The van der Waals surface area contributed by atoms with Gasteiger partial charge in [-0.1, -0.05) is 44.1 Å². The number of H-pyrrole nitrogens is 1. The first-order valence-corrected chi connectivity index (χ1v) is 10.5. The van der Waals surface area contributed by atoms with Gasteiger partial charge >= 0.3 is 11.7 Å². The number of para-hydroxylation sites is 1. The van der Waals surface area contributed by atoms with E-state index in [1.165, 1.54) is 6.26 Å². The van der Waals surface area contributed by atoms with Crippen LogP contribution in [0.3, 0.4) is 0 Å². The molecule has 2 aromatic heterocycles. The van der Waals surface area contributed by atoms with E-state index >= 15 is 0 Å². The SMILES string of the molecule is C#[N+]/C(=C\C=C(/C)c1ccon1)N1C(=O)c2n[nH]c(C(C)(C)C)c2C1c1ccccc1OC. The molecule has 3 aromatic rings. The van der Waals surface area contributed by atoms with E-state index in [0.29, 0.717) is 17.1 Å². The molecule has 1 atom stereocenters. The summed E-state index contributed by atoms with van der Waals surface area (Å²) in [6.45, 7) is 13.9. The van der Waals surface area contributed by atoms with Crippen molar-refractivity contribution in [2.24, 2.45) is 0 Å². The molecule has 8 heteroatoms. The topological polar surface area (TPSA) is 88.6 Å². The molecule has 3 heterocycles. The summed E-state index contributed by atoms with van der Waals surface area (Å²) < 4.78 is 10.6. The maximum atomic E-state index is 13.6. The van der Waals surface area contributed by atoms with E-state index in [-0.39, 0.29) is 17.1 Å². The summed E-state index contributed by atoms with van der Waals surface area (Å²) in [7, 11) is 1.61. The number of hydrogen-bond donors (Lipinski definition) is 1. The number of carbonyl (C=O) groups is 1. The Morgan fingerprint density at radius 2 is 2.03 bits per heavy atom. The van der Waals surface area contributed by atoms with Gasteiger partial charge in [-0.05, 0) is 24.6 Å². The van der Waals surface area contributed by atoms with Gasteiger partial charge in [-0.25, -0.2) is 4.79 Å². The maximum absolute atomic E-state index is 13.6. The van der Waals surface area contributed by atoms with Crippen LogP contribution in [0.15, 0.2) is 59.1 Å². The molecule has 1 aromatic carbocycles. The number of hydrogen-bond acceptors (Lipinski definition) is 5. The highest BCUT2D eigenvalue weighted by atomic mass is 16.5. The smallest absolute Gasteiger partial charge is 0.388 e. The molecular formula is C25H26N5O3+. The van der Waals surface area contributed by atoms with Gasteiger partial charge in [0.25, 0.3) is 0 Å². The second-order valence-corrected chi connectivity index (χ2v) is 8.82. The minimum Gasteiger partial charge on any atom is -0.496 e. The molecule has 8 nitrogen and oxygen atoms in total. The van der Waals surface area contributed by atoms with Gasteiger partial charge in [-0.2, -0.15) is 14.8 Å². The lowest BCUT2D eigenvalue weighted by atomic mass is 9.85. The first-order valence-electron chi connectivity index (χ1n) is 10.5. The second kappa shape index (κ2) is 8.43. The first-order chi connectivity index (χ1) is 15.8. The highest BCUT2D eigenvalue weighted by molar-refractivity contribution is 6.00. The van der Waals surface area contributed by atoms with Crippen LogP contribution in [-0.4, -0.2) is 33.3 Å². The van der Waals surface area contributed by atoms with E-state index in [4.69, 9.17) is 15.8 Å². The number of benzene rings is 1. The molecule has 0 aliphatic carbocycles. The summed E-state index contributed by atoms with van der Waals surface area (Å²) in [5.41, 5.74) is 4.07. The summed E-state index contributed by atoms with van der Waals surface area (Å²) in [4.78, 5) is 19.1. The fraction of sp³-hybridized carbons (Fsp3) is 0.280. The van der Waals surface area contributed by atoms with Gasteiger partial charge in [-0.15, -0.1) is 0 Å². The van der Waals surface area contributed by atoms with E-state index in [2.05, 4.69) is 41.0 Å². The van der Waals surface area contributed by atoms with Gasteiger partial charge in [-0.3, -0.25) is 5.10 Å². The molecule has 0 saturated carbocycles. The zero-order chi connectivity index (χ0) is 23.8.